The van der Waals surface area contributed by atoms with Crippen molar-refractivity contribution in [1.82, 2.24) is 0 Å². The quantitative estimate of drug-likeness (QED) is 0.896. The molecule has 2 rings (SSSR count). The number of ether oxygens (including phenoxy) is 1. The highest BCUT2D eigenvalue weighted by molar-refractivity contribution is 6.31. The molecule has 0 amide bonds. The topological polar surface area (TPSA) is 35.2 Å². The molecule has 0 aliphatic carbocycles. The van der Waals surface area contributed by atoms with E-state index in [1.54, 1.807) is 6.07 Å². The van der Waals surface area contributed by atoms with Gasteiger partial charge in [-0.15, -0.1) is 0 Å². The molecule has 0 saturated heterocycles. The standard InChI is InChI=1S/C17H19ClFNO/c1-11-8-14(19)7-6-13(11)10-21-17-5-3-4-16(18)15(17)9-12(2)20/h3-8,12H,9-10,20H2,1-2H3. The van der Waals surface area contributed by atoms with Gasteiger partial charge in [-0.25, -0.2) is 4.39 Å². The second-order valence-corrected chi connectivity index (χ2v) is 5.66. The zero-order valence-electron chi connectivity index (χ0n) is 12.2. The van der Waals surface area contributed by atoms with Crippen LogP contribution in [0.5, 0.6) is 5.75 Å². The number of benzene rings is 2. The van der Waals surface area contributed by atoms with E-state index in [2.05, 4.69) is 0 Å². The summed E-state index contributed by atoms with van der Waals surface area (Å²) >= 11 is 6.22. The molecule has 2 aromatic rings. The Morgan fingerprint density at radius 3 is 2.71 bits per heavy atom. The van der Waals surface area contributed by atoms with Crippen LogP contribution in [0.1, 0.15) is 23.6 Å². The monoisotopic (exact) mass is 307 g/mol. The molecule has 1 unspecified atom stereocenters. The van der Waals surface area contributed by atoms with Crippen LogP contribution in [0.2, 0.25) is 5.02 Å². The van der Waals surface area contributed by atoms with Crippen LogP contribution in [0, 0.1) is 12.7 Å². The second-order valence-electron chi connectivity index (χ2n) is 5.26. The predicted molar refractivity (Wildman–Crippen MR) is 84.3 cm³/mol. The molecular formula is C17H19ClFNO. The maximum Gasteiger partial charge on any atom is 0.124 e. The Balaban J connectivity index is 2.18. The lowest BCUT2D eigenvalue weighted by Gasteiger charge is -2.15. The van der Waals surface area contributed by atoms with Crippen molar-refractivity contribution in [2.45, 2.75) is 32.9 Å². The Kier molecular flexibility index (Phi) is 5.21. The molecule has 2 N–H and O–H groups in total. The van der Waals surface area contributed by atoms with Gasteiger partial charge in [-0.05, 0) is 55.7 Å². The highest BCUT2D eigenvalue weighted by Gasteiger charge is 2.11. The zero-order chi connectivity index (χ0) is 15.4. The third-order valence-electron chi connectivity index (χ3n) is 3.29. The van der Waals surface area contributed by atoms with Crippen molar-refractivity contribution in [1.29, 1.82) is 0 Å². The smallest absolute Gasteiger partial charge is 0.124 e. The molecule has 0 aromatic heterocycles. The minimum Gasteiger partial charge on any atom is -0.489 e. The summed E-state index contributed by atoms with van der Waals surface area (Å²) in [6, 6.07) is 10.2. The summed E-state index contributed by atoms with van der Waals surface area (Å²) in [6.45, 7) is 4.16. The van der Waals surface area contributed by atoms with E-state index < -0.39 is 0 Å². The van der Waals surface area contributed by atoms with Gasteiger partial charge < -0.3 is 10.5 Å². The van der Waals surface area contributed by atoms with E-state index in [4.69, 9.17) is 22.1 Å². The van der Waals surface area contributed by atoms with Gasteiger partial charge >= 0.3 is 0 Å². The minimum absolute atomic E-state index is 0.000178. The zero-order valence-corrected chi connectivity index (χ0v) is 13.0. The lowest BCUT2D eigenvalue weighted by molar-refractivity contribution is 0.301. The van der Waals surface area contributed by atoms with Crippen molar-refractivity contribution in [2.75, 3.05) is 0 Å². The van der Waals surface area contributed by atoms with Crippen molar-refractivity contribution in [3.8, 4) is 5.75 Å². The van der Waals surface area contributed by atoms with Gasteiger partial charge in [0.2, 0.25) is 0 Å². The number of aryl methyl sites for hydroxylation is 1. The molecular weight excluding hydrogens is 289 g/mol. The number of halogens is 2. The van der Waals surface area contributed by atoms with Gasteiger partial charge in [0.15, 0.2) is 0 Å². The second kappa shape index (κ2) is 6.92. The van der Waals surface area contributed by atoms with Gasteiger partial charge in [-0.3, -0.25) is 0 Å². The summed E-state index contributed by atoms with van der Waals surface area (Å²) in [6.07, 6.45) is 0.650. The highest BCUT2D eigenvalue weighted by atomic mass is 35.5. The van der Waals surface area contributed by atoms with Crippen molar-refractivity contribution >= 4 is 11.6 Å². The number of hydrogen-bond acceptors (Lipinski definition) is 2. The molecule has 1 atom stereocenters. The number of rotatable bonds is 5. The summed E-state index contributed by atoms with van der Waals surface area (Å²) in [5.41, 5.74) is 8.58. The largest absolute Gasteiger partial charge is 0.489 e. The molecule has 21 heavy (non-hydrogen) atoms. The summed E-state index contributed by atoms with van der Waals surface area (Å²) in [5, 5.41) is 0.653. The van der Waals surface area contributed by atoms with Gasteiger partial charge in [0.1, 0.15) is 18.2 Å². The number of nitrogens with two attached hydrogens (primary N) is 1. The van der Waals surface area contributed by atoms with Gasteiger partial charge in [0.05, 0.1) is 0 Å². The first kappa shape index (κ1) is 15.8. The maximum absolute atomic E-state index is 13.1. The molecule has 0 aliphatic rings. The summed E-state index contributed by atoms with van der Waals surface area (Å²) in [7, 11) is 0. The minimum atomic E-state index is -0.239. The molecule has 0 aliphatic heterocycles. The fourth-order valence-corrected chi connectivity index (χ4v) is 2.41. The average Bonchev–Trinajstić information content (AvgIpc) is 2.40. The molecule has 0 saturated carbocycles. The Bertz CT molecular complexity index is 628. The first-order chi connectivity index (χ1) is 9.97. The van der Waals surface area contributed by atoms with E-state index in [0.717, 1.165) is 22.4 Å². The normalized spacial score (nSPS) is 12.2. The first-order valence-corrected chi connectivity index (χ1v) is 7.26. The Labute approximate surface area is 129 Å². The molecule has 2 nitrogen and oxygen atoms in total. The van der Waals surface area contributed by atoms with E-state index >= 15 is 0 Å². The fraction of sp³-hybridized carbons (Fsp3) is 0.294. The Hall–Kier alpha value is -1.58. The van der Waals surface area contributed by atoms with Crippen molar-refractivity contribution in [3.63, 3.8) is 0 Å². The third kappa shape index (κ3) is 4.19. The van der Waals surface area contributed by atoms with Crippen LogP contribution in [0.3, 0.4) is 0 Å². The lowest BCUT2D eigenvalue weighted by Crippen LogP contribution is -2.18. The summed E-state index contributed by atoms with van der Waals surface area (Å²) < 4.78 is 19.0. The SMILES string of the molecule is Cc1cc(F)ccc1COc1cccc(Cl)c1CC(C)N. The van der Waals surface area contributed by atoms with Crippen LogP contribution in [-0.2, 0) is 13.0 Å². The van der Waals surface area contributed by atoms with E-state index in [-0.39, 0.29) is 11.9 Å². The van der Waals surface area contributed by atoms with Crippen LogP contribution in [-0.4, -0.2) is 6.04 Å². The van der Waals surface area contributed by atoms with E-state index in [1.165, 1.54) is 12.1 Å². The summed E-state index contributed by atoms with van der Waals surface area (Å²) in [5.74, 6) is 0.486. The van der Waals surface area contributed by atoms with Crippen LogP contribution in [0.15, 0.2) is 36.4 Å². The lowest BCUT2D eigenvalue weighted by atomic mass is 10.1. The first-order valence-electron chi connectivity index (χ1n) is 6.88. The Morgan fingerprint density at radius 1 is 1.29 bits per heavy atom. The van der Waals surface area contributed by atoms with Crippen molar-refractivity contribution < 1.29 is 9.13 Å². The fourth-order valence-electron chi connectivity index (χ4n) is 2.17. The maximum atomic E-state index is 13.1. The van der Waals surface area contributed by atoms with Crippen LogP contribution in [0.4, 0.5) is 4.39 Å². The van der Waals surface area contributed by atoms with E-state index in [1.807, 2.05) is 32.0 Å². The number of hydrogen-bond donors (Lipinski definition) is 1. The molecule has 0 heterocycles. The van der Waals surface area contributed by atoms with Gasteiger partial charge in [0, 0.05) is 16.6 Å². The molecule has 0 radical (unpaired) electrons. The van der Waals surface area contributed by atoms with Gasteiger partial charge in [-0.1, -0.05) is 23.7 Å². The summed E-state index contributed by atoms with van der Waals surface area (Å²) in [4.78, 5) is 0. The average molecular weight is 308 g/mol. The highest BCUT2D eigenvalue weighted by Crippen LogP contribution is 2.28. The van der Waals surface area contributed by atoms with Crippen molar-refractivity contribution in [3.05, 3.63) is 63.9 Å². The molecule has 4 heteroatoms. The van der Waals surface area contributed by atoms with Gasteiger partial charge in [-0.2, -0.15) is 0 Å². The molecule has 0 spiro atoms. The van der Waals surface area contributed by atoms with Gasteiger partial charge in [0.25, 0.3) is 0 Å². The Morgan fingerprint density at radius 2 is 2.05 bits per heavy atom. The molecule has 112 valence electrons. The predicted octanol–water partition coefficient (Wildman–Crippen LogP) is 4.26. The molecule has 0 bridgehead atoms. The molecule has 2 aromatic carbocycles. The van der Waals surface area contributed by atoms with E-state index in [0.29, 0.717) is 18.1 Å². The van der Waals surface area contributed by atoms with Crippen LogP contribution in [0.25, 0.3) is 0 Å². The molecule has 0 fully saturated rings. The van der Waals surface area contributed by atoms with Crippen LogP contribution < -0.4 is 10.5 Å². The van der Waals surface area contributed by atoms with Crippen molar-refractivity contribution in [2.24, 2.45) is 5.73 Å². The third-order valence-corrected chi connectivity index (χ3v) is 3.64. The van der Waals surface area contributed by atoms with E-state index in [9.17, 15) is 4.39 Å². The van der Waals surface area contributed by atoms with Crippen LogP contribution >= 0.6 is 11.6 Å².